The Kier molecular flexibility index (Phi) is 9.27. The molecular weight excluding hydrogens is 244 g/mol. The summed E-state index contributed by atoms with van der Waals surface area (Å²) in [4.78, 5) is 9.24. The summed E-state index contributed by atoms with van der Waals surface area (Å²) < 4.78 is 0. The minimum absolute atomic E-state index is 0.699. The molecule has 0 bridgehead atoms. The molecule has 0 saturated carbocycles. The highest BCUT2D eigenvalue weighted by Gasteiger charge is 2.04. The van der Waals surface area contributed by atoms with Crippen LogP contribution in [0.1, 0.15) is 82.4 Å². The molecule has 0 spiro atoms. The molecule has 0 saturated heterocycles. The highest BCUT2D eigenvalue weighted by atomic mass is 14.9. The van der Waals surface area contributed by atoms with Crippen LogP contribution >= 0.6 is 0 Å². The number of rotatable bonds is 11. The van der Waals surface area contributed by atoms with Crippen LogP contribution in [0.25, 0.3) is 0 Å². The van der Waals surface area contributed by atoms with E-state index >= 15 is 0 Å². The smallest absolute Gasteiger partial charge is 0.128 e. The second kappa shape index (κ2) is 10.8. The van der Waals surface area contributed by atoms with Crippen molar-refractivity contribution in [2.75, 3.05) is 0 Å². The van der Waals surface area contributed by atoms with Gasteiger partial charge in [-0.2, -0.15) is 0 Å². The van der Waals surface area contributed by atoms with Gasteiger partial charge in [0.25, 0.3) is 0 Å². The Morgan fingerprint density at radius 1 is 0.800 bits per heavy atom. The average Bonchev–Trinajstić information content (AvgIpc) is 2.48. The lowest BCUT2D eigenvalue weighted by atomic mass is 10.1. The molecule has 20 heavy (non-hydrogen) atoms. The van der Waals surface area contributed by atoms with Gasteiger partial charge >= 0.3 is 0 Å². The van der Waals surface area contributed by atoms with Crippen LogP contribution in [0.5, 0.6) is 0 Å². The van der Waals surface area contributed by atoms with Gasteiger partial charge in [-0.3, -0.25) is 0 Å². The number of nitrogens with zero attached hydrogens (tertiary/aromatic N) is 2. The fourth-order valence-electron chi connectivity index (χ4n) is 2.45. The zero-order chi connectivity index (χ0) is 14.6. The monoisotopic (exact) mass is 275 g/mol. The van der Waals surface area contributed by atoms with Crippen molar-refractivity contribution in [2.24, 2.45) is 0 Å². The Hall–Kier alpha value is -0.920. The molecule has 0 fully saturated rings. The van der Waals surface area contributed by atoms with Gasteiger partial charge in [0.2, 0.25) is 0 Å². The fourth-order valence-corrected chi connectivity index (χ4v) is 2.45. The molecule has 1 radical (unpaired) electrons. The molecule has 0 N–H and O–H groups in total. The van der Waals surface area contributed by atoms with E-state index in [0.29, 0.717) is 6.42 Å². The Balaban J connectivity index is 2.51. The number of aromatic nitrogens is 2. The summed E-state index contributed by atoms with van der Waals surface area (Å²) in [6.45, 7) is 8.43. The SMILES string of the molecule is [CH2]Cc1nc(CCCCCC)cc(CCCCCC)n1. The molecule has 113 valence electrons. The van der Waals surface area contributed by atoms with Crippen LogP contribution in [0.2, 0.25) is 0 Å². The van der Waals surface area contributed by atoms with E-state index in [0.717, 1.165) is 18.7 Å². The van der Waals surface area contributed by atoms with Gasteiger partial charge in [-0.05, 0) is 38.7 Å². The predicted octanol–water partition coefficient (Wildman–Crippen LogP) is 5.10. The lowest BCUT2D eigenvalue weighted by Gasteiger charge is -2.07. The summed E-state index contributed by atoms with van der Waals surface area (Å²) in [6.07, 6.45) is 13.2. The van der Waals surface area contributed by atoms with Crippen molar-refractivity contribution in [3.8, 4) is 0 Å². The number of hydrogen-bond acceptors (Lipinski definition) is 2. The van der Waals surface area contributed by atoms with E-state index < -0.39 is 0 Å². The third kappa shape index (κ3) is 7.02. The standard InChI is InChI=1S/C18H31N2/c1-4-7-9-11-13-16-15-17(14-12-10-8-5-2)20-18(6-3)19-16/h15H,3-14H2,1-2H3. The molecule has 1 aromatic heterocycles. The molecule has 2 nitrogen and oxygen atoms in total. The van der Waals surface area contributed by atoms with Crippen LogP contribution in [0.3, 0.4) is 0 Å². The van der Waals surface area contributed by atoms with Crippen LogP contribution in [-0.4, -0.2) is 9.97 Å². The lowest BCUT2D eigenvalue weighted by Crippen LogP contribution is -2.03. The van der Waals surface area contributed by atoms with Crippen LogP contribution in [0, 0.1) is 6.92 Å². The maximum absolute atomic E-state index is 4.62. The summed E-state index contributed by atoms with van der Waals surface area (Å²) in [5.41, 5.74) is 2.44. The maximum atomic E-state index is 4.62. The molecule has 0 aliphatic carbocycles. The van der Waals surface area contributed by atoms with Crippen LogP contribution < -0.4 is 0 Å². The summed E-state index contributed by atoms with van der Waals surface area (Å²) in [6, 6.07) is 2.22. The molecule has 2 heteroatoms. The van der Waals surface area contributed by atoms with Crippen LogP contribution in [0.15, 0.2) is 6.07 Å². The van der Waals surface area contributed by atoms with E-state index in [1.54, 1.807) is 0 Å². The maximum Gasteiger partial charge on any atom is 0.128 e. The van der Waals surface area contributed by atoms with Crippen molar-refractivity contribution in [1.29, 1.82) is 0 Å². The van der Waals surface area contributed by atoms with Crippen molar-refractivity contribution in [3.63, 3.8) is 0 Å². The van der Waals surface area contributed by atoms with Gasteiger partial charge in [-0.1, -0.05) is 52.4 Å². The molecule has 0 aromatic carbocycles. The van der Waals surface area contributed by atoms with Crippen molar-refractivity contribution < 1.29 is 0 Å². The average molecular weight is 275 g/mol. The van der Waals surface area contributed by atoms with E-state index in [4.69, 9.17) is 0 Å². The predicted molar refractivity (Wildman–Crippen MR) is 86.8 cm³/mol. The quantitative estimate of drug-likeness (QED) is 0.525. The minimum Gasteiger partial charge on any atom is -0.238 e. The molecular formula is C18H31N2. The molecule has 0 atom stereocenters. The third-order valence-electron chi connectivity index (χ3n) is 3.68. The number of unbranched alkanes of at least 4 members (excludes halogenated alkanes) is 6. The highest BCUT2D eigenvalue weighted by molar-refractivity contribution is 5.12. The van der Waals surface area contributed by atoms with E-state index in [1.165, 1.54) is 62.8 Å². The molecule has 0 unspecified atom stereocenters. The van der Waals surface area contributed by atoms with E-state index in [2.05, 4.69) is 36.8 Å². The molecule has 0 aliphatic heterocycles. The summed E-state index contributed by atoms with van der Waals surface area (Å²) >= 11 is 0. The first kappa shape index (κ1) is 17.1. The Morgan fingerprint density at radius 3 is 1.70 bits per heavy atom. The largest absolute Gasteiger partial charge is 0.238 e. The Morgan fingerprint density at radius 2 is 1.30 bits per heavy atom. The Bertz CT molecular complexity index is 330. The molecule has 0 aliphatic rings. The van der Waals surface area contributed by atoms with Crippen molar-refractivity contribution in [2.45, 2.75) is 84.5 Å². The van der Waals surface area contributed by atoms with E-state index in [9.17, 15) is 0 Å². The van der Waals surface area contributed by atoms with Gasteiger partial charge in [0.1, 0.15) is 5.82 Å². The molecule has 1 heterocycles. The zero-order valence-corrected chi connectivity index (χ0v) is 13.5. The number of hydrogen-bond donors (Lipinski definition) is 0. The number of aryl methyl sites for hydroxylation is 2. The molecule has 1 rings (SSSR count). The van der Waals surface area contributed by atoms with Crippen LogP contribution in [-0.2, 0) is 19.3 Å². The van der Waals surface area contributed by atoms with Crippen molar-refractivity contribution in [1.82, 2.24) is 9.97 Å². The van der Waals surface area contributed by atoms with Gasteiger partial charge in [0.15, 0.2) is 0 Å². The van der Waals surface area contributed by atoms with E-state index in [-0.39, 0.29) is 0 Å². The zero-order valence-electron chi connectivity index (χ0n) is 13.5. The van der Waals surface area contributed by atoms with Gasteiger partial charge < -0.3 is 0 Å². The van der Waals surface area contributed by atoms with Crippen molar-refractivity contribution in [3.05, 3.63) is 30.2 Å². The first-order chi connectivity index (χ1) is 9.80. The highest BCUT2D eigenvalue weighted by Crippen LogP contribution is 2.11. The topological polar surface area (TPSA) is 25.8 Å². The first-order valence-corrected chi connectivity index (χ1v) is 8.45. The minimum atomic E-state index is 0.699. The van der Waals surface area contributed by atoms with Gasteiger partial charge in [0, 0.05) is 17.8 Å². The van der Waals surface area contributed by atoms with Crippen LogP contribution in [0.4, 0.5) is 0 Å². The fraction of sp³-hybridized carbons (Fsp3) is 0.722. The van der Waals surface area contributed by atoms with Gasteiger partial charge in [0.05, 0.1) is 0 Å². The third-order valence-corrected chi connectivity index (χ3v) is 3.68. The first-order valence-electron chi connectivity index (χ1n) is 8.45. The Labute approximate surface area is 125 Å². The summed E-state index contributed by atoms with van der Waals surface area (Å²) in [5.74, 6) is 0.920. The second-order valence-corrected chi connectivity index (χ2v) is 5.64. The molecule has 1 aromatic rings. The normalized spacial score (nSPS) is 10.9. The van der Waals surface area contributed by atoms with Gasteiger partial charge in [-0.15, -0.1) is 0 Å². The summed E-state index contributed by atoms with van der Waals surface area (Å²) in [5, 5.41) is 0. The van der Waals surface area contributed by atoms with Crippen molar-refractivity contribution >= 4 is 0 Å². The second-order valence-electron chi connectivity index (χ2n) is 5.64. The van der Waals surface area contributed by atoms with E-state index in [1.807, 2.05) is 0 Å². The lowest BCUT2D eigenvalue weighted by molar-refractivity contribution is 0.646. The molecule has 0 amide bonds. The summed E-state index contributed by atoms with van der Waals surface area (Å²) in [7, 11) is 0. The van der Waals surface area contributed by atoms with Gasteiger partial charge in [-0.25, -0.2) is 9.97 Å².